The molecule has 5 N–H and O–H groups in total. The van der Waals surface area contributed by atoms with Crippen LogP contribution in [0.5, 0.6) is 28.7 Å². The molecule has 1 unspecified atom stereocenters. The largest absolute Gasteiger partial charge is 0.504 e. The second-order valence-corrected chi connectivity index (χ2v) is 6.91. The molecule has 8 nitrogen and oxygen atoms in total. The number of carbonyl (C=O) groups excluding carboxylic acids is 1. The number of hydrogen-bond acceptors (Lipinski definition) is 7. The molecule has 160 valence electrons. The summed E-state index contributed by atoms with van der Waals surface area (Å²) in [6.45, 7) is 7.11. The van der Waals surface area contributed by atoms with Gasteiger partial charge in [-0.1, -0.05) is 20.8 Å². The molecule has 0 saturated heterocycles. The Bertz CT molecular complexity index is 669. The number of phenols is 3. The monoisotopic (exact) mass is 399 g/mol. The van der Waals surface area contributed by atoms with Gasteiger partial charge in [-0.15, -0.1) is 0 Å². The summed E-state index contributed by atoms with van der Waals surface area (Å²) >= 11 is 0. The van der Waals surface area contributed by atoms with Gasteiger partial charge in [-0.05, 0) is 19.3 Å². The summed E-state index contributed by atoms with van der Waals surface area (Å²) in [6, 6.07) is 0. The first-order valence-corrected chi connectivity index (χ1v) is 9.66. The fraction of sp³-hybridized carbons (Fsp3) is 0.650. The molecule has 1 atom stereocenters. The Balaban J connectivity index is 3.54. The van der Waals surface area contributed by atoms with Crippen LogP contribution >= 0.6 is 0 Å². The molecule has 0 saturated carbocycles. The lowest BCUT2D eigenvalue weighted by Crippen LogP contribution is -2.35. The highest BCUT2D eigenvalue weighted by molar-refractivity contribution is 5.73. The quantitative estimate of drug-likeness (QED) is 0.220. The fourth-order valence-corrected chi connectivity index (χ4v) is 3.27. The highest BCUT2D eigenvalue weighted by atomic mass is 16.6. The first-order valence-electron chi connectivity index (χ1n) is 9.66. The third-order valence-electron chi connectivity index (χ3n) is 4.65. The van der Waals surface area contributed by atoms with Crippen molar-refractivity contribution < 1.29 is 34.7 Å². The number of carbonyl (C=O) groups is 1. The Kier molecular flexibility index (Phi) is 8.68. The minimum Gasteiger partial charge on any atom is -0.504 e. The summed E-state index contributed by atoms with van der Waals surface area (Å²) in [4.78, 5) is 11.3. The van der Waals surface area contributed by atoms with Gasteiger partial charge in [-0.2, -0.15) is 0 Å². The maximum atomic E-state index is 11.3. The number of ether oxygens (including phenoxy) is 2. The molecule has 0 bridgehead atoms. The predicted molar refractivity (Wildman–Crippen MR) is 105 cm³/mol. The first kappa shape index (κ1) is 23.7. The smallest absolute Gasteiger partial charge is 0.216 e. The number of methoxy groups -OCH3 is 1. The molecule has 0 fully saturated rings. The number of amides is 1. The van der Waals surface area contributed by atoms with E-state index in [1.807, 2.05) is 20.8 Å². The van der Waals surface area contributed by atoms with E-state index in [1.54, 1.807) is 0 Å². The second-order valence-electron chi connectivity index (χ2n) is 6.91. The van der Waals surface area contributed by atoms with Crippen molar-refractivity contribution in [3.05, 3.63) is 5.56 Å². The fourth-order valence-electron chi connectivity index (χ4n) is 3.27. The summed E-state index contributed by atoms with van der Waals surface area (Å²) in [6.07, 6.45) is 2.35. The molecule has 0 aliphatic heterocycles. The highest BCUT2D eigenvalue weighted by Gasteiger charge is 2.35. The minimum absolute atomic E-state index is 0.0277. The van der Waals surface area contributed by atoms with Crippen LogP contribution < -0.4 is 14.8 Å². The normalized spacial score (nSPS) is 12.5. The minimum atomic E-state index is -1.56. The van der Waals surface area contributed by atoms with Crippen molar-refractivity contribution in [2.45, 2.75) is 71.5 Å². The Morgan fingerprint density at radius 2 is 1.61 bits per heavy atom. The summed E-state index contributed by atoms with van der Waals surface area (Å²) in [5.74, 6) is -4.39. The number of aliphatic hydroxyl groups is 1. The topological polar surface area (TPSA) is 128 Å². The maximum Gasteiger partial charge on any atom is 0.216 e. The number of hydrogen-bond donors (Lipinski definition) is 5. The lowest BCUT2D eigenvalue weighted by Gasteiger charge is -2.31. The Labute approximate surface area is 166 Å². The van der Waals surface area contributed by atoms with Gasteiger partial charge in [-0.3, -0.25) is 4.79 Å². The molecule has 0 spiro atoms. The molecule has 0 heterocycles. The van der Waals surface area contributed by atoms with Gasteiger partial charge in [0.1, 0.15) is 0 Å². The molecular weight excluding hydrogens is 366 g/mol. The van der Waals surface area contributed by atoms with E-state index in [2.05, 4.69) is 5.32 Å². The summed E-state index contributed by atoms with van der Waals surface area (Å²) in [5, 5.41) is 45.2. The van der Waals surface area contributed by atoms with Gasteiger partial charge < -0.3 is 35.2 Å². The molecule has 1 amide bonds. The van der Waals surface area contributed by atoms with Gasteiger partial charge >= 0.3 is 0 Å². The lowest BCUT2D eigenvalue weighted by atomic mass is 9.93. The van der Waals surface area contributed by atoms with Crippen LogP contribution in [0.25, 0.3) is 0 Å². The van der Waals surface area contributed by atoms with Gasteiger partial charge in [0.25, 0.3) is 0 Å². The lowest BCUT2D eigenvalue weighted by molar-refractivity contribution is -0.150. The van der Waals surface area contributed by atoms with Crippen LogP contribution in [0, 0.1) is 0 Å². The molecule has 1 aromatic carbocycles. The number of benzene rings is 1. The van der Waals surface area contributed by atoms with Crippen molar-refractivity contribution in [3.63, 3.8) is 0 Å². The van der Waals surface area contributed by atoms with Crippen molar-refractivity contribution >= 4 is 5.91 Å². The molecule has 0 aliphatic carbocycles. The molecule has 0 aromatic heterocycles. The van der Waals surface area contributed by atoms with E-state index in [4.69, 9.17) is 9.47 Å². The van der Waals surface area contributed by atoms with E-state index < -0.39 is 29.0 Å². The van der Waals surface area contributed by atoms with Crippen molar-refractivity contribution in [1.29, 1.82) is 0 Å². The van der Waals surface area contributed by atoms with Gasteiger partial charge in [0.2, 0.25) is 28.9 Å². The SMILES string of the molecule is CCCC(O)(CCC)Oc1c(O)c(C(CC)CNC(C)=O)c(O)c(O)c1OC. The molecule has 8 heteroatoms. The zero-order chi connectivity index (χ0) is 21.5. The van der Waals surface area contributed by atoms with Crippen molar-refractivity contribution in [2.75, 3.05) is 13.7 Å². The van der Waals surface area contributed by atoms with Gasteiger partial charge in [-0.25, -0.2) is 0 Å². The molecule has 1 rings (SSSR count). The maximum absolute atomic E-state index is 11.3. The van der Waals surface area contributed by atoms with E-state index >= 15 is 0 Å². The second kappa shape index (κ2) is 10.3. The van der Waals surface area contributed by atoms with E-state index in [0.717, 1.165) is 0 Å². The average molecular weight is 399 g/mol. The zero-order valence-electron chi connectivity index (χ0n) is 17.3. The van der Waals surface area contributed by atoms with Gasteiger partial charge in [0.05, 0.1) is 7.11 Å². The van der Waals surface area contributed by atoms with Crippen molar-refractivity contribution in [1.82, 2.24) is 5.32 Å². The van der Waals surface area contributed by atoms with E-state index in [1.165, 1.54) is 14.0 Å². The predicted octanol–water partition coefficient (Wildman–Crippen LogP) is 3.11. The van der Waals surface area contributed by atoms with Gasteiger partial charge in [0, 0.05) is 37.8 Å². The van der Waals surface area contributed by atoms with Crippen LogP contribution in [0.3, 0.4) is 0 Å². The number of phenolic OH excluding ortho intramolecular Hbond substituents is 3. The molecule has 0 radical (unpaired) electrons. The van der Waals surface area contributed by atoms with Crippen LogP contribution in [-0.4, -0.2) is 45.8 Å². The third-order valence-corrected chi connectivity index (χ3v) is 4.65. The molecule has 0 aliphatic rings. The number of nitrogens with one attached hydrogen (secondary N) is 1. The van der Waals surface area contributed by atoms with Crippen molar-refractivity contribution in [2.24, 2.45) is 0 Å². The third kappa shape index (κ3) is 5.34. The molecular formula is C20H33NO7. The molecule has 28 heavy (non-hydrogen) atoms. The zero-order valence-corrected chi connectivity index (χ0v) is 17.3. The van der Waals surface area contributed by atoms with Crippen LogP contribution in [-0.2, 0) is 4.79 Å². The Hall–Kier alpha value is -2.35. The standard InChI is InChI=1S/C20H33NO7/c1-6-9-20(26,10-7-2)28-19-16(24)14(13(8-3)11-21-12(4)22)15(23)17(25)18(19)27-5/h13,23-26H,6-11H2,1-5H3,(H,21,22). The Morgan fingerprint density at radius 3 is 2.04 bits per heavy atom. The van der Waals surface area contributed by atoms with Gasteiger partial charge in [0.15, 0.2) is 11.5 Å². The van der Waals surface area contributed by atoms with Crippen molar-refractivity contribution in [3.8, 4) is 28.7 Å². The number of aromatic hydroxyl groups is 3. The first-order chi connectivity index (χ1) is 13.2. The summed E-state index contributed by atoms with van der Waals surface area (Å²) < 4.78 is 10.9. The Morgan fingerprint density at radius 1 is 1.04 bits per heavy atom. The molecule has 1 aromatic rings. The van der Waals surface area contributed by atoms with Crippen LogP contribution in [0.1, 0.15) is 71.3 Å². The van der Waals surface area contributed by atoms with Crippen LogP contribution in [0.4, 0.5) is 0 Å². The summed E-state index contributed by atoms with van der Waals surface area (Å²) in [5.41, 5.74) is 0.0277. The summed E-state index contributed by atoms with van der Waals surface area (Å²) in [7, 11) is 1.26. The highest BCUT2D eigenvalue weighted by Crippen LogP contribution is 2.55. The van der Waals surface area contributed by atoms with Crippen LogP contribution in [0.2, 0.25) is 0 Å². The number of rotatable bonds is 11. The van der Waals surface area contributed by atoms with E-state index in [-0.39, 0.29) is 29.5 Å². The van der Waals surface area contributed by atoms with E-state index in [9.17, 15) is 25.2 Å². The van der Waals surface area contributed by atoms with E-state index in [0.29, 0.717) is 32.1 Å². The average Bonchev–Trinajstić information content (AvgIpc) is 2.63. The van der Waals surface area contributed by atoms with Crippen LogP contribution in [0.15, 0.2) is 0 Å².